The number of sulfone groups is 1. The van der Waals surface area contributed by atoms with E-state index >= 15 is 0 Å². The highest BCUT2D eigenvalue weighted by atomic mass is 32.2. The Balaban J connectivity index is 1.91. The van der Waals surface area contributed by atoms with E-state index in [1.165, 1.54) is 11.3 Å². The van der Waals surface area contributed by atoms with Crippen LogP contribution in [-0.4, -0.2) is 13.4 Å². The zero-order valence-electron chi connectivity index (χ0n) is 12.9. The van der Waals surface area contributed by atoms with Gasteiger partial charge in [-0.05, 0) is 30.7 Å². The lowest BCUT2D eigenvalue weighted by atomic mass is 10.1. The summed E-state index contributed by atoms with van der Waals surface area (Å²) in [6.07, 6.45) is 0. The molecule has 0 aliphatic carbocycles. The van der Waals surface area contributed by atoms with Crippen LogP contribution < -0.4 is 11.1 Å². The smallest absolute Gasteiger partial charge is 0.204 e. The van der Waals surface area contributed by atoms with E-state index in [0.29, 0.717) is 15.7 Å². The number of hydrogen-bond donors (Lipinski definition) is 2. The molecular formula is C17H15N3O2S2. The van der Waals surface area contributed by atoms with Crippen LogP contribution in [0.2, 0.25) is 0 Å². The molecule has 4 rings (SSSR count). The maximum absolute atomic E-state index is 13.2. The molecule has 3 N–H and O–H groups in total. The molecule has 0 saturated carbocycles. The number of nitrogen functional groups attached to an aromatic ring is 1. The average Bonchev–Trinajstić information content (AvgIpc) is 2.95. The zero-order valence-corrected chi connectivity index (χ0v) is 14.5. The Morgan fingerprint density at radius 3 is 2.75 bits per heavy atom. The van der Waals surface area contributed by atoms with Crippen molar-refractivity contribution in [3.63, 3.8) is 0 Å². The molecule has 2 heterocycles. The summed E-state index contributed by atoms with van der Waals surface area (Å²) in [5.74, 6) is 0. The van der Waals surface area contributed by atoms with Crippen molar-refractivity contribution >= 4 is 32.0 Å². The van der Waals surface area contributed by atoms with Crippen LogP contribution in [0.25, 0.3) is 11.3 Å². The van der Waals surface area contributed by atoms with Crippen molar-refractivity contribution in [1.29, 1.82) is 0 Å². The first-order chi connectivity index (χ1) is 11.5. The molecule has 2 aromatic carbocycles. The molecule has 122 valence electrons. The minimum absolute atomic E-state index is 0.289. The molecule has 3 aromatic rings. The molecule has 1 atom stereocenters. The number of aromatic nitrogens is 1. The molecule has 1 unspecified atom stereocenters. The summed E-state index contributed by atoms with van der Waals surface area (Å²) in [5.41, 5.74) is 9.03. The summed E-state index contributed by atoms with van der Waals surface area (Å²) >= 11 is 1.21. The van der Waals surface area contributed by atoms with Crippen LogP contribution in [-0.2, 0) is 9.84 Å². The van der Waals surface area contributed by atoms with Gasteiger partial charge in [0.25, 0.3) is 0 Å². The summed E-state index contributed by atoms with van der Waals surface area (Å²) in [4.78, 5) is 5.28. The summed E-state index contributed by atoms with van der Waals surface area (Å²) in [5, 5.41) is 2.63. The third-order valence-electron chi connectivity index (χ3n) is 4.01. The van der Waals surface area contributed by atoms with Crippen molar-refractivity contribution in [1.82, 2.24) is 4.98 Å². The lowest BCUT2D eigenvalue weighted by molar-refractivity contribution is 0.587. The topological polar surface area (TPSA) is 85.1 Å². The first kappa shape index (κ1) is 15.2. The number of anilines is 2. The summed E-state index contributed by atoms with van der Waals surface area (Å²) in [6.45, 7) is 1.87. The Labute approximate surface area is 144 Å². The maximum atomic E-state index is 13.2. The molecule has 0 amide bonds. The number of para-hydroxylation sites is 1. The van der Waals surface area contributed by atoms with Crippen LogP contribution in [0.5, 0.6) is 0 Å². The molecule has 0 fully saturated rings. The molecule has 5 nitrogen and oxygen atoms in total. The number of fused-ring (bicyclic) bond motifs is 3. The highest BCUT2D eigenvalue weighted by molar-refractivity contribution is 7.92. The highest BCUT2D eigenvalue weighted by Crippen LogP contribution is 2.46. The molecule has 0 radical (unpaired) electrons. The Morgan fingerprint density at radius 1 is 1.17 bits per heavy atom. The third kappa shape index (κ3) is 2.28. The van der Waals surface area contributed by atoms with E-state index in [1.54, 1.807) is 18.2 Å². The van der Waals surface area contributed by atoms with Crippen molar-refractivity contribution in [2.75, 3.05) is 11.1 Å². The van der Waals surface area contributed by atoms with Gasteiger partial charge in [0.05, 0.1) is 15.5 Å². The molecule has 0 saturated heterocycles. The monoisotopic (exact) mass is 357 g/mol. The molecule has 1 aromatic heterocycles. The van der Waals surface area contributed by atoms with Gasteiger partial charge in [-0.25, -0.2) is 13.4 Å². The molecule has 1 aliphatic rings. The Morgan fingerprint density at radius 2 is 1.96 bits per heavy atom. The fourth-order valence-corrected chi connectivity index (χ4v) is 5.76. The number of nitrogens with zero attached hydrogens (tertiary/aromatic N) is 1. The van der Waals surface area contributed by atoms with Crippen molar-refractivity contribution in [3.8, 4) is 11.3 Å². The van der Waals surface area contributed by atoms with Gasteiger partial charge in [0.1, 0.15) is 0 Å². The number of thiazole rings is 1. The minimum Gasteiger partial charge on any atom is -0.375 e. The average molecular weight is 357 g/mol. The number of hydrogen-bond acceptors (Lipinski definition) is 6. The van der Waals surface area contributed by atoms with Gasteiger partial charge in [-0.15, -0.1) is 0 Å². The van der Waals surface area contributed by atoms with E-state index < -0.39 is 15.2 Å². The van der Waals surface area contributed by atoms with Crippen LogP contribution in [0.1, 0.15) is 15.8 Å². The predicted octanol–water partition coefficient (Wildman–Crippen LogP) is 3.60. The molecular weight excluding hydrogens is 342 g/mol. The second-order valence-electron chi connectivity index (χ2n) is 5.70. The molecule has 0 bridgehead atoms. The summed E-state index contributed by atoms with van der Waals surface area (Å²) in [6, 6.07) is 14.5. The van der Waals surface area contributed by atoms with E-state index in [1.807, 2.05) is 37.3 Å². The first-order valence-electron chi connectivity index (χ1n) is 7.39. The second-order valence-corrected chi connectivity index (χ2v) is 8.79. The van der Waals surface area contributed by atoms with Gasteiger partial charge < -0.3 is 11.1 Å². The Hall–Kier alpha value is -2.38. The van der Waals surface area contributed by atoms with E-state index in [2.05, 4.69) is 10.3 Å². The van der Waals surface area contributed by atoms with E-state index in [4.69, 9.17) is 5.73 Å². The fraction of sp³-hybridized carbons (Fsp3) is 0.118. The van der Waals surface area contributed by atoms with Gasteiger partial charge in [-0.3, -0.25) is 0 Å². The normalized spacial score (nSPS) is 16.1. The van der Waals surface area contributed by atoms with E-state index in [9.17, 15) is 8.42 Å². The lowest BCUT2D eigenvalue weighted by Gasteiger charge is -2.26. The molecule has 0 spiro atoms. The Kier molecular flexibility index (Phi) is 3.36. The minimum atomic E-state index is -3.62. The van der Waals surface area contributed by atoms with Gasteiger partial charge in [0.15, 0.2) is 10.5 Å². The molecule has 24 heavy (non-hydrogen) atoms. The van der Waals surface area contributed by atoms with Crippen molar-refractivity contribution in [2.24, 2.45) is 0 Å². The standard InChI is InChI=1S/C17H15N3O2S2/c1-10-5-4-6-11(9-10)24(21,22)16-15-14(20-17(18)23-15)12-7-2-3-8-13(12)19-16/h2-9,16,19H,1H3,(H2,18,20). The SMILES string of the molecule is Cc1cccc(S(=O)(=O)C2Nc3ccccc3-c3nc(N)sc32)c1. The van der Waals surface area contributed by atoms with Crippen LogP contribution >= 0.6 is 11.3 Å². The van der Waals surface area contributed by atoms with Crippen LogP contribution in [0.4, 0.5) is 10.8 Å². The highest BCUT2D eigenvalue weighted by Gasteiger charge is 2.37. The van der Waals surface area contributed by atoms with Gasteiger partial charge in [0, 0.05) is 11.3 Å². The van der Waals surface area contributed by atoms with Gasteiger partial charge >= 0.3 is 0 Å². The van der Waals surface area contributed by atoms with Crippen LogP contribution in [0.15, 0.2) is 53.4 Å². The summed E-state index contributed by atoms with van der Waals surface area (Å²) < 4.78 is 26.4. The summed E-state index contributed by atoms with van der Waals surface area (Å²) in [7, 11) is -3.62. The number of aryl methyl sites for hydroxylation is 1. The van der Waals surface area contributed by atoms with Crippen LogP contribution in [0.3, 0.4) is 0 Å². The Bertz CT molecular complexity index is 1040. The second kappa shape index (κ2) is 5.32. The molecule has 1 aliphatic heterocycles. The fourth-order valence-electron chi connectivity index (χ4n) is 2.89. The van der Waals surface area contributed by atoms with Crippen LogP contribution in [0, 0.1) is 6.92 Å². The lowest BCUT2D eigenvalue weighted by Crippen LogP contribution is -2.24. The number of nitrogens with two attached hydrogens (primary N) is 1. The predicted molar refractivity (Wildman–Crippen MR) is 96.7 cm³/mol. The number of nitrogens with one attached hydrogen (secondary N) is 1. The van der Waals surface area contributed by atoms with Gasteiger partial charge in [-0.2, -0.15) is 0 Å². The maximum Gasteiger partial charge on any atom is 0.204 e. The number of benzene rings is 2. The third-order valence-corrected chi connectivity index (χ3v) is 6.99. The van der Waals surface area contributed by atoms with Crippen molar-refractivity contribution in [3.05, 3.63) is 59.0 Å². The van der Waals surface area contributed by atoms with Crippen molar-refractivity contribution in [2.45, 2.75) is 17.2 Å². The molecule has 7 heteroatoms. The largest absolute Gasteiger partial charge is 0.375 e. The zero-order chi connectivity index (χ0) is 16.9. The quantitative estimate of drug-likeness (QED) is 0.732. The van der Waals surface area contributed by atoms with Crippen molar-refractivity contribution < 1.29 is 8.42 Å². The van der Waals surface area contributed by atoms with Gasteiger partial charge in [0.2, 0.25) is 9.84 Å². The first-order valence-corrected chi connectivity index (χ1v) is 9.76. The number of rotatable bonds is 2. The van der Waals surface area contributed by atoms with Gasteiger partial charge in [-0.1, -0.05) is 41.7 Å². The van der Waals surface area contributed by atoms with E-state index in [0.717, 1.165) is 16.8 Å². The van der Waals surface area contributed by atoms with E-state index in [-0.39, 0.29) is 4.90 Å².